The standard InChI is InChI=1S/C16H25N7/c1-11-9-15(21(4)5)19-16(17-11)22-8-6-7-14(22)10-23-13(3)18-12(2)20-23/h9,14H,6-8,10H2,1-5H3/t14-/m1/s1. The molecule has 0 unspecified atom stereocenters. The number of nitrogens with zero attached hydrogens (tertiary/aromatic N) is 7. The fourth-order valence-electron chi connectivity index (χ4n) is 3.12. The first-order valence-corrected chi connectivity index (χ1v) is 8.11. The van der Waals surface area contributed by atoms with Crippen molar-refractivity contribution in [3.63, 3.8) is 0 Å². The third-order valence-electron chi connectivity index (χ3n) is 4.27. The zero-order chi connectivity index (χ0) is 16.6. The van der Waals surface area contributed by atoms with E-state index in [-0.39, 0.29) is 0 Å². The van der Waals surface area contributed by atoms with Crippen LogP contribution in [0.15, 0.2) is 6.07 Å². The van der Waals surface area contributed by atoms with Crippen molar-refractivity contribution in [3.05, 3.63) is 23.4 Å². The predicted molar refractivity (Wildman–Crippen MR) is 91.0 cm³/mol. The van der Waals surface area contributed by atoms with Crippen molar-refractivity contribution in [1.82, 2.24) is 24.7 Å². The first-order valence-electron chi connectivity index (χ1n) is 8.11. The minimum Gasteiger partial charge on any atom is -0.363 e. The second-order valence-corrected chi connectivity index (χ2v) is 6.44. The van der Waals surface area contributed by atoms with Gasteiger partial charge in [-0.25, -0.2) is 14.6 Å². The van der Waals surface area contributed by atoms with Gasteiger partial charge in [0.05, 0.1) is 12.6 Å². The van der Waals surface area contributed by atoms with Crippen LogP contribution in [0.25, 0.3) is 0 Å². The summed E-state index contributed by atoms with van der Waals surface area (Å²) in [5, 5.41) is 4.50. The molecule has 1 aliphatic rings. The summed E-state index contributed by atoms with van der Waals surface area (Å²) in [6, 6.07) is 2.38. The Labute approximate surface area is 137 Å². The average molecular weight is 315 g/mol. The van der Waals surface area contributed by atoms with Crippen LogP contribution in [0.1, 0.15) is 30.2 Å². The third kappa shape index (κ3) is 3.28. The van der Waals surface area contributed by atoms with Crippen molar-refractivity contribution >= 4 is 11.8 Å². The average Bonchev–Trinajstić information content (AvgIpc) is 3.05. The Kier molecular flexibility index (Phi) is 4.19. The van der Waals surface area contributed by atoms with Gasteiger partial charge in [0.1, 0.15) is 17.5 Å². The Morgan fingerprint density at radius 1 is 1.17 bits per heavy atom. The lowest BCUT2D eigenvalue weighted by Crippen LogP contribution is -2.35. The number of rotatable bonds is 4. The molecule has 7 nitrogen and oxygen atoms in total. The largest absolute Gasteiger partial charge is 0.363 e. The molecule has 2 aromatic rings. The van der Waals surface area contributed by atoms with Crippen molar-refractivity contribution in [2.45, 2.75) is 46.2 Å². The maximum atomic E-state index is 4.73. The van der Waals surface area contributed by atoms with Crippen LogP contribution in [-0.2, 0) is 6.54 Å². The van der Waals surface area contributed by atoms with E-state index in [1.165, 1.54) is 0 Å². The molecular formula is C16H25N7. The van der Waals surface area contributed by atoms with E-state index in [1.807, 2.05) is 50.5 Å². The molecule has 3 heterocycles. The SMILES string of the molecule is Cc1cc(N(C)C)nc(N2CCC[C@@H]2Cn2nc(C)nc2C)n1. The molecule has 3 rings (SSSR count). The van der Waals surface area contributed by atoms with Crippen molar-refractivity contribution in [2.24, 2.45) is 0 Å². The fraction of sp³-hybridized carbons (Fsp3) is 0.625. The van der Waals surface area contributed by atoms with E-state index < -0.39 is 0 Å². The summed E-state index contributed by atoms with van der Waals surface area (Å²) in [7, 11) is 4.02. The second kappa shape index (κ2) is 6.14. The van der Waals surface area contributed by atoms with Gasteiger partial charge in [0.2, 0.25) is 5.95 Å². The number of aryl methyl sites for hydroxylation is 3. The lowest BCUT2D eigenvalue weighted by molar-refractivity contribution is 0.493. The van der Waals surface area contributed by atoms with Gasteiger partial charge in [-0.15, -0.1) is 0 Å². The van der Waals surface area contributed by atoms with Crippen LogP contribution in [0, 0.1) is 20.8 Å². The lowest BCUT2D eigenvalue weighted by Gasteiger charge is -2.26. The molecule has 124 valence electrons. The highest BCUT2D eigenvalue weighted by Gasteiger charge is 2.28. The lowest BCUT2D eigenvalue weighted by atomic mass is 10.2. The highest BCUT2D eigenvalue weighted by atomic mass is 15.4. The van der Waals surface area contributed by atoms with Gasteiger partial charge in [0.15, 0.2) is 0 Å². The topological polar surface area (TPSA) is 63.0 Å². The molecule has 1 fully saturated rings. The summed E-state index contributed by atoms with van der Waals surface area (Å²) >= 11 is 0. The van der Waals surface area contributed by atoms with E-state index in [2.05, 4.69) is 20.0 Å². The van der Waals surface area contributed by atoms with Gasteiger partial charge in [-0.05, 0) is 33.6 Å². The van der Waals surface area contributed by atoms with E-state index >= 15 is 0 Å². The molecule has 1 aliphatic heterocycles. The van der Waals surface area contributed by atoms with Gasteiger partial charge in [-0.1, -0.05) is 0 Å². The molecule has 0 N–H and O–H groups in total. The molecule has 2 aromatic heterocycles. The van der Waals surface area contributed by atoms with Crippen LogP contribution in [-0.4, -0.2) is 51.4 Å². The monoisotopic (exact) mass is 315 g/mol. The van der Waals surface area contributed by atoms with E-state index in [9.17, 15) is 0 Å². The van der Waals surface area contributed by atoms with Crippen molar-refractivity contribution in [2.75, 3.05) is 30.4 Å². The normalized spacial score (nSPS) is 17.8. The molecule has 0 saturated carbocycles. The molecular weight excluding hydrogens is 290 g/mol. The van der Waals surface area contributed by atoms with Crippen LogP contribution in [0.4, 0.5) is 11.8 Å². The van der Waals surface area contributed by atoms with Crippen LogP contribution in [0.2, 0.25) is 0 Å². The molecule has 0 aromatic carbocycles. The van der Waals surface area contributed by atoms with Gasteiger partial charge >= 0.3 is 0 Å². The number of aromatic nitrogens is 5. The molecule has 0 spiro atoms. The minimum atomic E-state index is 0.367. The van der Waals surface area contributed by atoms with Crippen molar-refractivity contribution in [1.29, 1.82) is 0 Å². The third-order valence-corrected chi connectivity index (χ3v) is 4.27. The zero-order valence-corrected chi connectivity index (χ0v) is 14.6. The second-order valence-electron chi connectivity index (χ2n) is 6.44. The Hall–Kier alpha value is -2.18. The molecule has 0 radical (unpaired) electrons. The Morgan fingerprint density at radius 2 is 1.96 bits per heavy atom. The molecule has 0 amide bonds. The molecule has 7 heteroatoms. The summed E-state index contributed by atoms with van der Waals surface area (Å²) in [6.07, 6.45) is 2.29. The van der Waals surface area contributed by atoms with E-state index in [0.717, 1.165) is 55.0 Å². The highest BCUT2D eigenvalue weighted by molar-refractivity contribution is 5.45. The van der Waals surface area contributed by atoms with Crippen LogP contribution < -0.4 is 9.80 Å². The Bertz CT molecular complexity index is 692. The molecule has 0 bridgehead atoms. The van der Waals surface area contributed by atoms with E-state index in [0.29, 0.717) is 6.04 Å². The first kappa shape index (κ1) is 15.7. The molecule has 0 aliphatic carbocycles. The fourth-order valence-corrected chi connectivity index (χ4v) is 3.12. The van der Waals surface area contributed by atoms with Crippen LogP contribution >= 0.6 is 0 Å². The van der Waals surface area contributed by atoms with Gasteiger partial charge in [0.25, 0.3) is 0 Å². The summed E-state index contributed by atoms with van der Waals surface area (Å²) in [4.78, 5) is 18.1. The summed E-state index contributed by atoms with van der Waals surface area (Å²) in [5.74, 6) is 3.57. The predicted octanol–water partition coefficient (Wildman–Crippen LogP) is 1.73. The number of hydrogen-bond donors (Lipinski definition) is 0. The van der Waals surface area contributed by atoms with Crippen LogP contribution in [0.5, 0.6) is 0 Å². The van der Waals surface area contributed by atoms with Crippen molar-refractivity contribution < 1.29 is 0 Å². The Morgan fingerprint density at radius 3 is 2.61 bits per heavy atom. The van der Waals surface area contributed by atoms with E-state index in [1.54, 1.807) is 0 Å². The number of anilines is 2. The van der Waals surface area contributed by atoms with Gasteiger partial charge < -0.3 is 9.80 Å². The zero-order valence-electron chi connectivity index (χ0n) is 14.6. The van der Waals surface area contributed by atoms with E-state index in [4.69, 9.17) is 4.98 Å². The molecule has 1 atom stereocenters. The smallest absolute Gasteiger partial charge is 0.227 e. The first-order chi connectivity index (χ1) is 10.9. The minimum absolute atomic E-state index is 0.367. The highest BCUT2D eigenvalue weighted by Crippen LogP contribution is 2.25. The maximum absolute atomic E-state index is 4.73. The molecule has 1 saturated heterocycles. The van der Waals surface area contributed by atoms with Crippen molar-refractivity contribution in [3.8, 4) is 0 Å². The number of hydrogen-bond acceptors (Lipinski definition) is 6. The van der Waals surface area contributed by atoms with Crippen LogP contribution in [0.3, 0.4) is 0 Å². The maximum Gasteiger partial charge on any atom is 0.227 e. The Balaban J connectivity index is 1.85. The summed E-state index contributed by atoms with van der Waals surface area (Å²) in [5.41, 5.74) is 0.997. The quantitative estimate of drug-likeness (QED) is 0.856. The van der Waals surface area contributed by atoms with Gasteiger partial charge in [-0.3, -0.25) is 0 Å². The van der Waals surface area contributed by atoms with Gasteiger partial charge in [-0.2, -0.15) is 10.1 Å². The summed E-state index contributed by atoms with van der Waals surface area (Å²) < 4.78 is 2.00. The van der Waals surface area contributed by atoms with Gasteiger partial charge in [0, 0.05) is 32.4 Å². The summed E-state index contributed by atoms with van der Waals surface area (Å²) in [6.45, 7) is 7.79. The molecule has 23 heavy (non-hydrogen) atoms.